The fourth-order valence-corrected chi connectivity index (χ4v) is 2.31. The van der Waals surface area contributed by atoms with Crippen LogP contribution in [-0.4, -0.2) is 40.2 Å². The van der Waals surface area contributed by atoms with Gasteiger partial charge in [-0.1, -0.05) is 0 Å². The fourth-order valence-electron chi connectivity index (χ4n) is 1.75. The summed E-state index contributed by atoms with van der Waals surface area (Å²) in [6.45, 7) is 13.7. The van der Waals surface area contributed by atoms with Crippen LogP contribution < -0.4 is 5.32 Å². The standard InChI is InChI=1S/C15H27N3O2S/c1-14(2,3)18(13(19)20-15(4,5)6)8-7-16-9-12-10-21-11-17-12/h10-11,16H,7-9H2,1-6H3. The van der Waals surface area contributed by atoms with Gasteiger partial charge in [0.25, 0.3) is 0 Å². The average molecular weight is 313 g/mol. The Hall–Kier alpha value is -1.14. The van der Waals surface area contributed by atoms with E-state index in [1.165, 1.54) is 0 Å². The number of nitrogens with one attached hydrogen (secondary N) is 1. The first-order valence-electron chi connectivity index (χ1n) is 7.18. The van der Waals surface area contributed by atoms with Crippen molar-refractivity contribution in [1.82, 2.24) is 15.2 Å². The molecule has 1 aromatic rings. The monoisotopic (exact) mass is 313 g/mol. The van der Waals surface area contributed by atoms with Crippen molar-refractivity contribution in [3.63, 3.8) is 0 Å². The molecule has 0 unspecified atom stereocenters. The molecule has 1 amide bonds. The van der Waals surface area contributed by atoms with Crippen molar-refractivity contribution in [2.75, 3.05) is 13.1 Å². The highest BCUT2D eigenvalue weighted by atomic mass is 32.1. The lowest BCUT2D eigenvalue weighted by Gasteiger charge is -2.36. The molecule has 0 saturated carbocycles. The molecule has 5 nitrogen and oxygen atoms in total. The van der Waals surface area contributed by atoms with Gasteiger partial charge in [0, 0.05) is 30.6 Å². The number of carbonyl (C=O) groups is 1. The van der Waals surface area contributed by atoms with Crippen LogP contribution in [0.2, 0.25) is 0 Å². The number of amides is 1. The molecule has 0 aliphatic carbocycles. The SMILES string of the molecule is CC(C)(C)OC(=O)N(CCNCc1cscn1)C(C)(C)C. The van der Waals surface area contributed by atoms with Gasteiger partial charge in [-0.2, -0.15) is 0 Å². The summed E-state index contributed by atoms with van der Waals surface area (Å²) in [6, 6.07) is 0. The lowest BCUT2D eigenvalue weighted by molar-refractivity contribution is 0.00663. The predicted octanol–water partition coefficient (Wildman–Crippen LogP) is 3.27. The summed E-state index contributed by atoms with van der Waals surface area (Å²) < 4.78 is 5.48. The highest BCUT2D eigenvalue weighted by Crippen LogP contribution is 2.17. The number of thiazole rings is 1. The van der Waals surface area contributed by atoms with Crippen LogP contribution in [0.5, 0.6) is 0 Å². The average Bonchev–Trinajstić information content (AvgIpc) is 2.77. The van der Waals surface area contributed by atoms with Crippen molar-refractivity contribution in [1.29, 1.82) is 0 Å². The molecule has 1 rings (SSSR count). The number of hydrogen-bond acceptors (Lipinski definition) is 5. The molecule has 21 heavy (non-hydrogen) atoms. The van der Waals surface area contributed by atoms with Crippen LogP contribution in [0.1, 0.15) is 47.2 Å². The van der Waals surface area contributed by atoms with E-state index in [0.717, 1.165) is 12.2 Å². The Morgan fingerprint density at radius 3 is 2.48 bits per heavy atom. The van der Waals surface area contributed by atoms with Gasteiger partial charge in [0.2, 0.25) is 0 Å². The molecular weight excluding hydrogens is 286 g/mol. The minimum atomic E-state index is -0.478. The van der Waals surface area contributed by atoms with E-state index in [9.17, 15) is 4.79 Å². The van der Waals surface area contributed by atoms with E-state index in [1.807, 2.05) is 52.4 Å². The summed E-state index contributed by atoms with van der Waals surface area (Å²) >= 11 is 1.58. The number of nitrogens with zero attached hydrogens (tertiary/aromatic N) is 2. The van der Waals surface area contributed by atoms with Crippen LogP contribution in [0.15, 0.2) is 10.9 Å². The molecule has 0 atom stereocenters. The van der Waals surface area contributed by atoms with E-state index in [1.54, 1.807) is 16.2 Å². The van der Waals surface area contributed by atoms with Crippen LogP contribution in [0, 0.1) is 0 Å². The smallest absolute Gasteiger partial charge is 0.410 e. The summed E-state index contributed by atoms with van der Waals surface area (Å²) in [4.78, 5) is 18.3. The molecule has 6 heteroatoms. The van der Waals surface area contributed by atoms with Gasteiger partial charge in [-0.25, -0.2) is 9.78 Å². The summed E-state index contributed by atoms with van der Waals surface area (Å²) in [5.41, 5.74) is 2.10. The molecule has 1 heterocycles. The van der Waals surface area contributed by atoms with Gasteiger partial charge in [0.1, 0.15) is 5.60 Å². The van der Waals surface area contributed by atoms with E-state index in [-0.39, 0.29) is 11.6 Å². The van der Waals surface area contributed by atoms with Gasteiger partial charge in [0.05, 0.1) is 11.2 Å². The molecule has 0 bridgehead atoms. The van der Waals surface area contributed by atoms with Gasteiger partial charge >= 0.3 is 6.09 Å². The molecule has 0 aliphatic heterocycles. The quantitative estimate of drug-likeness (QED) is 0.848. The van der Waals surface area contributed by atoms with Crippen molar-refractivity contribution in [2.45, 2.75) is 59.2 Å². The first kappa shape index (κ1) is 17.9. The van der Waals surface area contributed by atoms with Gasteiger partial charge in [-0.3, -0.25) is 0 Å². The second-order valence-electron chi connectivity index (χ2n) is 6.96. The van der Waals surface area contributed by atoms with E-state index in [2.05, 4.69) is 10.3 Å². The third-order valence-corrected chi connectivity index (χ3v) is 3.36. The molecule has 1 N–H and O–H groups in total. The molecule has 0 aliphatic rings. The molecule has 120 valence electrons. The second kappa shape index (κ2) is 7.22. The molecule has 0 spiro atoms. The van der Waals surface area contributed by atoms with Gasteiger partial charge in [-0.05, 0) is 41.5 Å². The first-order chi connectivity index (χ1) is 9.59. The Morgan fingerprint density at radius 2 is 2.00 bits per heavy atom. The summed E-state index contributed by atoms with van der Waals surface area (Å²) in [5, 5.41) is 5.32. The van der Waals surface area contributed by atoms with Crippen LogP contribution in [-0.2, 0) is 11.3 Å². The highest BCUT2D eigenvalue weighted by molar-refractivity contribution is 7.07. The van der Waals surface area contributed by atoms with Crippen molar-refractivity contribution in [3.8, 4) is 0 Å². The van der Waals surface area contributed by atoms with Crippen molar-refractivity contribution in [3.05, 3.63) is 16.6 Å². The summed E-state index contributed by atoms with van der Waals surface area (Å²) in [5.74, 6) is 0. The Morgan fingerprint density at radius 1 is 1.33 bits per heavy atom. The summed E-state index contributed by atoms with van der Waals surface area (Å²) in [6.07, 6.45) is -0.273. The lowest BCUT2D eigenvalue weighted by atomic mass is 10.1. The zero-order valence-corrected chi connectivity index (χ0v) is 14.7. The topological polar surface area (TPSA) is 54.5 Å². The summed E-state index contributed by atoms with van der Waals surface area (Å²) in [7, 11) is 0. The van der Waals surface area contributed by atoms with Crippen LogP contribution in [0.4, 0.5) is 4.79 Å². The van der Waals surface area contributed by atoms with Crippen molar-refractivity contribution < 1.29 is 9.53 Å². The number of ether oxygens (including phenoxy) is 1. The normalized spacial score (nSPS) is 12.3. The first-order valence-corrected chi connectivity index (χ1v) is 8.12. The van der Waals surface area contributed by atoms with Crippen LogP contribution in [0.25, 0.3) is 0 Å². The maximum Gasteiger partial charge on any atom is 0.410 e. The third-order valence-electron chi connectivity index (χ3n) is 2.73. The Bertz CT molecular complexity index is 433. The van der Waals surface area contributed by atoms with E-state index in [4.69, 9.17) is 4.74 Å². The zero-order chi connectivity index (χ0) is 16.1. The van der Waals surface area contributed by atoms with Crippen LogP contribution in [0.3, 0.4) is 0 Å². The molecular formula is C15H27N3O2S. The number of carbonyl (C=O) groups excluding carboxylic acids is 1. The van der Waals surface area contributed by atoms with Crippen LogP contribution >= 0.6 is 11.3 Å². The van der Waals surface area contributed by atoms with E-state index < -0.39 is 5.60 Å². The van der Waals surface area contributed by atoms with E-state index in [0.29, 0.717) is 13.1 Å². The lowest BCUT2D eigenvalue weighted by Crippen LogP contribution is -2.50. The minimum absolute atomic E-state index is 0.273. The van der Waals surface area contributed by atoms with Gasteiger partial charge in [-0.15, -0.1) is 11.3 Å². The third kappa shape index (κ3) is 6.91. The van der Waals surface area contributed by atoms with Crippen molar-refractivity contribution >= 4 is 17.4 Å². The molecule has 0 radical (unpaired) electrons. The predicted molar refractivity (Wildman–Crippen MR) is 86.5 cm³/mol. The number of hydrogen-bond donors (Lipinski definition) is 1. The zero-order valence-electron chi connectivity index (χ0n) is 13.9. The maximum absolute atomic E-state index is 12.3. The largest absolute Gasteiger partial charge is 0.444 e. The fraction of sp³-hybridized carbons (Fsp3) is 0.733. The molecule has 0 saturated heterocycles. The second-order valence-corrected chi connectivity index (χ2v) is 7.68. The molecule has 1 aromatic heterocycles. The van der Waals surface area contributed by atoms with Gasteiger partial charge in [0.15, 0.2) is 0 Å². The molecule has 0 aromatic carbocycles. The maximum atomic E-state index is 12.3. The molecule has 0 fully saturated rings. The number of aromatic nitrogens is 1. The minimum Gasteiger partial charge on any atom is -0.444 e. The Balaban J connectivity index is 2.49. The highest BCUT2D eigenvalue weighted by Gasteiger charge is 2.30. The Labute approximate surface area is 131 Å². The van der Waals surface area contributed by atoms with Gasteiger partial charge < -0.3 is 15.0 Å². The van der Waals surface area contributed by atoms with E-state index >= 15 is 0 Å². The van der Waals surface area contributed by atoms with Crippen molar-refractivity contribution in [2.24, 2.45) is 0 Å². The number of rotatable bonds is 5. The Kier molecular flexibility index (Phi) is 6.16.